The highest BCUT2D eigenvalue weighted by molar-refractivity contribution is 5.99. The number of anilines is 1. The number of pyridine rings is 1. The van der Waals surface area contributed by atoms with Crippen molar-refractivity contribution < 1.29 is 0 Å². The molecular formula is C26H29N7. The van der Waals surface area contributed by atoms with Gasteiger partial charge in [-0.25, -0.2) is 15.0 Å². The minimum Gasteiger partial charge on any atom is -0.353 e. The summed E-state index contributed by atoms with van der Waals surface area (Å²) in [6.07, 6.45) is 9.15. The highest BCUT2D eigenvalue weighted by atomic mass is 15.3. The van der Waals surface area contributed by atoms with Crippen molar-refractivity contribution in [1.29, 1.82) is 0 Å². The van der Waals surface area contributed by atoms with Crippen LogP contribution >= 0.6 is 0 Å². The number of nitrogens with one attached hydrogen (secondary N) is 1. The maximum absolute atomic E-state index is 4.73. The second kappa shape index (κ2) is 8.24. The average Bonchev–Trinajstić information content (AvgIpc) is 3.28. The predicted molar refractivity (Wildman–Crippen MR) is 134 cm³/mol. The highest BCUT2D eigenvalue weighted by Crippen LogP contribution is 2.34. The molecule has 0 atom stereocenters. The van der Waals surface area contributed by atoms with E-state index in [4.69, 9.17) is 4.98 Å². The normalized spacial score (nSPS) is 18.2. The van der Waals surface area contributed by atoms with Crippen LogP contribution < -0.4 is 4.90 Å². The molecule has 0 radical (unpaired) electrons. The van der Waals surface area contributed by atoms with Crippen molar-refractivity contribution in [2.45, 2.75) is 6.42 Å². The quantitative estimate of drug-likeness (QED) is 0.526. The van der Waals surface area contributed by atoms with Crippen molar-refractivity contribution in [3.63, 3.8) is 0 Å². The molecule has 0 saturated carbocycles. The number of aromatic amines is 1. The first-order valence-electron chi connectivity index (χ1n) is 11.7. The molecule has 1 saturated heterocycles. The molecule has 168 valence electrons. The molecule has 33 heavy (non-hydrogen) atoms. The summed E-state index contributed by atoms with van der Waals surface area (Å²) in [7, 11) is 4.34. The van der Waals surface area contributed by atoms with Gasteiger partial charge in [-0.3, -0.25) is 0 Å². The van der Waals surface area contributed by atoms with Gasteiger partial charge in [0, 0.05) is 68.0 Å². The van der Waals surface area contributed by atoms with Gasteiger partial charge in [0.1, 0.15) is 17.8 Å². The van der Waals surface area contributed by atoms with Crippen LogP contribution in [-0.2, 0) is 0 Å². The smallest absolute Gasteiger partial charge is 0.139 e. The van der Waals surface area contributed by atoms with Gasteiger partial charge in [0.15, 0.2) is 0 Å². The molecule has 7 nitrogen and oxygen atoms in total. The van der Waals surface area contributed by atoms with Gasteiger partial charge >= 0.3 is 0 Å². The molecular weight excluding hydrogens is 410 g/mol. The topological polar surface area (TPSA) is 64.2 Å². The Morgan fingerprint density at radius 2 is 1.70 bits per heavy atom. The van der Waals surface area contributed by atoms with E-state index in [1.165, 1.54) is 16.7 Å². The monoisotopic (exact) mass is 439 g/mol. The number of nitrogens with zero attached hydrogens (tertiary/aromatic N) is 6. The summed E-state index contributed by atoms with van der Waals surface area (Å²) < 4.78 is 0. The molecule has 5 heterocycles. The molecule has 0 spiro atoms. The van der Waals surface area contributed by atoms with Crippen molar-refractivity contribution in [2.75, 3.05) is 58.3 Å². The van der Waals surface area contributed by atoms with E-state index in [0.29, 0.717) is 0 Å². The summed E-state index contributed by atoms with van der Waals surface area (Å²) in [5.41, 5.74) is 6.85. The van der Waals surface area contributed by atoms with Crippen LogP contribution in [0.1, 0.15) is 12.0 Å². The number of aromatic nitrogens is 4. The maximum atomic E-state index is 4.73. The lowest BCUT2D eigenvalue weighted by Crippen LogP contribution is -2.44. The molecule has 0 bridgehead atoms. The van der Waals surface area contributed by atoms with Crippen LogP contribution in [0.3, 0.4) is 0 Å². The van der Waals surface area contributed by atoms with Gasteiger partial charge in [-0.05, 0) is 55.4 Å². The molecule has 3 aromatic heterocycles. The van der Waals surface area contributed by atoms with E-state index in [2.05, 4.69) is 80.3 Å². The second-order valence-electron chi connectivity index (χ2n) is 9.28. The number of benzene rings is 1. The number of likely N-dealkylation sites (N-methyl/N-ethyl adjacent to an activating group) is 2. The molecule has 0 aliphatic carbocycles. The predicted octanol–water partition coefficient (Wildman–Crippen LogP) is 3.64. The van der Waals surface area contributed by atoms with E-state index in [-0.39, 0.29) is 0 Å². The molecule has 1 N–H and O–H groups in total. The molecule has 2 aliphatic heterocycles. The molecule has 1 aromatic carbocycles. The summed E-state index contributed by atoms with van der Waals surface area (Å²) in [6, 6.07) is 8.81. The largest absolute Gasteiger partial charge is 0.353 e. The molecule has 1 fully saturated rings. The summed E-state index contributed by atoms with van der Waals surface area (Å²) >= 11 is 0. The van der Waals surface area contributed by atoms with Crippen LogP contribution in [0.4, 0.5) is 5.82 Å². The summed E-state index contributed by atoms with van der Waals surface area (Å²) in [5.74, 6) is 1.03. The molecule has 2 aliphatic rings. The molecule has 4 aromatic rings. The Kier molecular flexibility index (Phi) is 5.08. The van der Waals surface area contributed by atoms with E-state index in [9.17, 15) is 0 Å². The number of hydrogen-bond acceptors (Lipinski definition) is 6. The van der Waals surface area contributed by atoms with E-state index in [1.807, 2.05) is 6.20 Å². The van der Waals surface area contributed by atoms with Gasteiger partial charge in [0.2, 0.25) is 0 Å². The fourth-order valence-corrected chi connectivity index (χ4v) is 4.93. The van der Waals surface area contributed by atoms with E-state index in [0.717, 1.165) is 79.0 Å². The van der Waals surface area contributed by atoms with Gasteiger partial charge in [0.25, 0.3) is 0 Å². The van der Waals surface area contributed by atoms with Gasteiger partial charge < -0.3 is 19.7 Å². The van der Waals surface area contributed by atoms with Crippen molar-refractivity contribution >= 4 is 33.3 Å². The lowest BCUT2D eigenvalue weighted by Gasteiger charge is -2.33. The van der Waals surface area contributed by atoms with E-state index in [1.54, 1.807) is 6.33 Å². The van der Waals surface area contributed by atoms with Gasteiger partial charge in [-0.15, -0.1) is 0 Å². The molecule has 7 heteroatoms. The molecule has 6 rings (SSSR count). The third kappa shape index (κ3) is 3.77. The van der Waals surface area contributed by atoms with Gasteiger partial charge in [0.05, 0.1) is 5.52 Å². The number of rotatable bonds is 3. The van der Waals surface area contributed by atoms with Gasteiger partial charge in [-0.1, -0.05) is 12.1 Å². The highest BCUT2D eigenvalue weighted by Gasteiger charge is 2.19. The van der Waals surface area contributed by atoms with Crippen LogP contribution in [0, 0.1) is 0 Å². The third-order valence-corrected chi connectivity index (χ3v) is 7.04. The minimum absolute atomic E-state index is 0.922. The zero-order chi connectivity index (χ0) is 22.4. The maximum Gasteiger partial charge on any atom is 0.139 e. The van der Waals surface area contributed by atoms with E-state index < -0.39 is 0 Å². The Hall–Kier alpha value is -3.29. The van der Waals surface area contributed by atoms with Gasteiger partial charge in [-0.2, -0.15) is 0 Å². The Morgan fingerprint density at radius 1 is 0.848 bits per heavy atom. The lowest BCUT2D eigenvalue weighted by atomic mass is 9.98. The average molecular weight is 440 g/mol. The zero-order valence-electron chi connectivity index (χ0n) is 19.3. The first kappa shape index (κ1) is 20.3. The Bertz CT molecular complexity index is 1350. The van der Waals surface area contributed by atoms with Crippen LogP contribution in [0.5, 0.6) is 0 Å². The molecule has 0 unspecified atom stereocenters. The van der Waals surface area contributed by atoms with Crippen molar-refractivity contribution in [2.24, 2.45) is 0 Å². The Morgan fingerprint density at radius 3 is 2.52 bits per heavy atom. The first-order valence-corrected chi connectivity index (χ1v) is 11.7. The third-order valence-electron chi connectivity index (χ3n) is 7.04. The number of hydrogen-bond donors (Lipinski definition) is 1. The van der Waals surface area contributed by atoms with E-state index >= 15 is 0 Å². The first-order chi connectivity index (χ1) is 16.2. The fraction of sp³-hybridized carbons (Fsp3) is 0.346. The lowest BCUT2D eigenvalue weighted by molar-refractivity contribution is 0.312. The Balaban J connectivity index is 1.42. The van der Waals surface area contributed by atoms with Crippen LogP contribution in [0.25, 0.3) is 38.6 Å². The number of H-pyrrole nitrogens is 1. The van der Waals surface area contributed by atoms with Crippen LogP contribution in [0.2, 0.25) is 0 Å². The summed E-state index contributed by atoms with van der Waals surface area (Å²) in [6.45, 7) is 6.15. The van der Waals surface area contributed by atoms with Crippen molar-refractivity contribution in [1.82, 2.24) is 29.7 Å². The number of fused-ring (bicyclic) bond motifs is 2. The van der Waals surface area contributed by atoms with Crippen LogP contribution in [-0.4, -0.2) is 83.1 Å². The summed E-state index contributed by atoms with van der Waals surface area (Å²) in [4.78, 5) is 24.4. The van der Waals surface area contributed by atoms with Crippen molar-refractivity contribution in [3.05, 3.63) is 54.6 Å². The minimum atomic E-state index is 0.922. The fourth-order valence-electron chi connectivity index (χ4n) is 4.93. The number of piperazine rings is 1. The summed E-state index contributed by atoms with van der Waals surface area (Å²) in [5, 5.41) is 2.26. The van der Waals surface area contributed by atoms with Crippen LogP contribution in [0.15, 0.2) is 49.1 Å². The van der Waals surface area contributed by atoms with Crippen molar-refractivity contribution in [3.8, 4) is 11.1 Å². The molecule has 0 amide bonds. The Labute approximate surface area is 193 Å². The standard InChI is InChI=1S/C26H29N7/c1-31-7-5-18(6-8-31)20-14-21-23(16-28-25(21)27-15-20)19-3-4-24-22(13-19)26(30-17-29-24)33-11-9-32(2)10-12-33/h3-5,13-17H,6-12H2,1-2H3,(H,27,28). The second-order valence-corrected chi connectivity index (χ2v) is 9.28. The zero-order valence-corrected chi connectivity index (χ0v) is 19.3. The SMILES string of the molecule is CN1CC=C(c2cnc3[nH]cc(-c4ccc5ncnc(N6CCN(C)CC6)c5c4)c3c2)CC1.